The van der Waals surface area contributed by atoms with E-state index in [1.165, 1.54) is 31.6 Å². The van der Waals surface area contributed by atoms with Gasteiger partial charge in [0.1, 0.15) is 10.6 Å². The summed E-state index contributed by atoms with van der Waals surface area (Å²) < 4.78 is 30.1. The number of nitrogens with one attached hydrogen (secondary N) is 1. The van der Waals surface area contributed by atoms with Gasteiger partial charge < -0.3 is 4.74 Å². The van der Waals surface area contributed by atoms with Gasteiger partial charge in [0.15, 0.2) is 14.6 Å². The van der Waals surface area contributed by atoms with Gasteiger partial charge in [-0.1, -0.05) is 54.6 Å². The molecule has 0 saturated carbocycles. The minimum Gasteiger partial charge on any atom is -0.495 e. The summed E-state index contributed by atoms with van der Waals surface area (Å²) in [5.74, 6) is -0.871. The smallest absolute Gasteiger partial charge is 0.265 e. The van der Waals surface area contributed by atoms with Crippen LogP contribution in [0.4, 0.5) is 0 Å². The molecule has 0 aliphatic heterocycles. The minimum absolute atomic E-state index is 0.107. The Morgan fingerprint density at radius 3 is 2.36 bits per heavy atom. The molecule has 3 rings (SSSR count). The highest BCUT2D eigenvalue weighted by atomic mass is 32.2. The van der Waals surface area contributed by atoms with Gasteiger partial charge in [-0.15, -0.1) is 0 Å². The summed E-state index contributed by atoms with van der Waals surface area (Å²) in [5, 5.41) is 11.2. The van der Waals surface area contributed by atoms with Crippen LogP contribution in [0.5, 0.6) is 5.75 Å². The quantitative estimate of drug-likeness (QED) is 0.491. The van der Waals surface area contributed by atoms with E-state index in [-0.39, 0.29) is 17.1 Å². The van der Waals surface area contributed by atoms with Crippen molar-refractivity contribution in [2.45, 2.75) is 23.0 Å². The summed E-state index contributed by atoms with van der Waals surface area (Å²) in [7, 11) is -2.84. The van der Waals surface area contributed by atoms with Crippen molar-refractivity contribution in [1.82, 2.24) is 5.48 Å². The third-order valence-corrected chi connectivity index (χ3v) is 7.32. The summed E-state index contributed by atoms with van der Waals surface area (Å²) in [5.41, 5.74) is 2.17. The maximum Gasteiger partial charge on any atom is 0.265 e. The highest BCUT2D eigenvalue weighted by molar-refractivity contribution is 7.93. The molecule has 1 unspecified atom stereocenters. The average molecular weight is 399 g/mol. The lowest BCUT2D eigenvalue weighted by atomic mass is 9.97. The van der Waals surface area contributed by atoms with E-state index in [2.05, 4.69) is 0 Å². The molecule has 0 aliphatic rings. The molecule has 6 nitrogen and oxygen atoms in total. The first-order valence-corrected chi connectivity index (χ1v) is 10.1. The first-order chi connectivity index (χ1) is 13.3. The molecule has 1 atom stereocenters. The molecule has 0 aliphatic carbocycles. The van der Waals surface area contributed by atoms with Crippen LogP contribution in [0.1, 0.15) is 12.5 Å². The number of rotatable bonds is 6. The fourth-order valence-electron chi connectivity index (χ4n) is 3.24. The van der Waals surface area contributed by atoms with E-state index in [4.69, 9.17) is 4.74 Å². The zero-order valence-electron chi connectivity index (χ0n) is 15.5. The van der Waals surface area contributed by atoms with Gasteiger partial charge in [0.05, 0.1) is 7.11 Å². The predicted molar refractivity (Wildman–Crippen MR) is 106 cm³/mol. The number of ether oxygens (including phenoxy) is 1. The lowest BCUT2D eigenvalue weighted by Gasteiger charge is -2.28. The Morgan fingerprint density at radius 2 is 1.68 bits per heavy atom. The van der Waals surface area contributed by atoms with E-state index in [0.29, 0.717) is 5.56 Å². The molecule has 0 heterocycles. The van der Waals surface area contributed by atoms with Crippen molar-refractivity contribution < 1.29 is 23.2 Å². The number of carbonyl (C=O) groups excluding carboxylic acids is 1. The number of hydrogen-bond acceptors (Lipinski definition) is 5. The number of hydrogen-bond donors (Lipinski definition) is 2. The van der Waals surface area contributed by atoms with E-state index >= 15 is 0 Å². The zero-order valence-corrected chi connectivity index (χ0v) is 16.4. The Hall–Kier alpha value is -2.90. The number of sulfone groups is 1. The van der Waals surface area contributed by atoms with Gasteiger partial charge in [-0.25, -0.2) is 13.9 Å². The molecule has 146 valence electrons. The predicted octanol–water partition coefficient (Wildman–Crippen LogP) is 3.13. The molecule has 28 heavy (non-hydrogen) atoms. The van der Waals surface area contributed by atoms with Crippen LogP contribution in [0.15, 0.2) is 71.6 Å². The topological polar surface area (TPSA) is 92.7 Å². The lowest BCUT2D eigenvalue weighted by molar-refractivity contribution is -0.131. The van der Waals surface area contributed by atoms with Gasteiger partial charge in [-0.3, -0.25) is 10.0 Å². The maximum absolute atomic E-state index is 13.5. The van der Waals surface area contributed by atoms with Crippen molar-refractivity contribution in [3.05, 3.63) is 72.3 Å². The van der Waals surface area contributed by atoms with Crippen molar-refractivity contribution in [2.75, 3.05) is 7.11 Å². The van der Waals surface area contributed by atoms with Crippen molar-refractivity contribution in [3.63, 3.8) is 0 Å². The number of hydroxylamine groups is 1. The first-order valence-electron chi connectivity index (χ1n) is 8.63. The van der Waals surface area contributed by atoms with Gasteiger partial charge in [-0.2, -0.15) is 0 Å². The monoisotopic (exact) mass is 399 g/mol. The fourth-order valence-corrected chi connectivity index (χ4v) is 5.04. The second-order valence-electron chi connectivity index (χ2n) is 6.68. The lowest BCUT2D eigenvalue weighted by Crippen LogP contribution is -2.51. The van der Waals surface area contributed by atoms with Crippen molar-refractivity contribution in [3.8, 4) is 5.75 Å². The molecule has 0 aromatic heterocycles. The summed E-state index contributed by atoms with van der Waals surface area (Å²) in [6, 6.07) is 19.3. The van der Waals surface area contributed by atoms with Crippen molar-refractivity contribution in [1.29, 1.82) is 0 Å². The maximum atomic E-state index is 13.5. The highest BCUT2D eigenvalue weighted by Gasteiger charge is 2.48. The Morgan fingerprint density at radius 1 is 1.04 bits per heavy atom. The SMILES string of the molecule is COc1ccccc1S(=O)(=O)C(C)(Cc1ccc2ccccc2c1)C(=O)NO. The first kappa shape index (κ1) is 19.9. The Bertz CT molecular complexity index is 1130. The van der Waals surface area contributed by atoms with Crippen LogP contribution in [-0.4, -0.2) is 31.4 Å². The number of amides is 1. The van der Waals surface area contributed by atoms with E-state index in [9.17, 15) is 18.4 Å². The number of carbonyl (C=O) groups is 1. The average Bonchev–Trinajstić information content (AvgIpc) is 2.72. The number of methoxy groups -OCH3 is 1. The van der Waals surface area contributed by atoms with Gasteiger partial charge >= 0.3 is 0 Å². The molecule has 2 N–H and O–H groups in total. The molecule has 3 aromatic rings. The molecule has 0 fully saturated rings. The largest absolute Gasteiger partial charge is 0.495 e. The number of para-hydroxylation sites is 1. The summed E-state index contributed by atoms with van der Waals surface area (Å²) in [4.78, 5) is 12.4. The molecular weight excluding hydrogens is 378 g/mol. The molecule has 3 aromatic carbocycles. The third kappa shape index (κ3) is 3.34. The van der Waals surface area contributed by atoms with Gasteiger partial charge in [0.25, 0.3) is 5.91 Å². The van der Waals surface area contributed by atoms with E-state index in [1.54, 1.807) is 18.2 Å². The minimum atomic E-state index is -4.20. The van der Waals surface area contributed by atoms with E-state index in [1.807, 2.05) is 36.4 Å². The number of fused-ring (bicyclic) bond motifs is 1. The molecule has 0 spiro atoms. The van der Waals surface area contributed by atoms with Gasteiger partial charge in [0, 0.05) is 6.42 Å². The molecule has 0 saturated heterocycles. The fraction of sp³-hybridized carbons (Fsp3) is 0.190. The molecular formula is C21H21NO5S. The zero-order chi connectivity index (χ0) is 20.4. The molecule has 1 amide bonds. The van der Waals surface area contributed by atoms with Crippen LogP contribution in [0.3, 0.4) is 0 Å². The third-order valence-electron chi connectivity index (χ3n) is 4.89. The van der Waals surface area contributed by atoms with Gasteiger partial charge in [0.2, 0.25) is 0 Å². The van der Waals surface area contributed by atoms with Crippen LogP contribution < -0.4 is 10.2 Å². The highest BCUT2D eigenvalue weighted by Crippen LogP contribution is 2.35. The van der Waals surface area contributed by atoms with E-state index in [0.717, 1.165) is 10.8 Å². The van der Waals surface area contributed by atoms with Crippen LogP contribution in [0.25, 0.3) is 10.8 Å². The van der Waals surface area contributed by atoms with Crippen LogP contribution in [0.2, 0.25) is 0 Å². The van der Waals surface area contributed by atoms with Gasteiger partial charge in [-0.05, 0) is 35.4 Å². The normalized spacial score (nSPS) is 13.7. The summed E-state index contributed by atoms with van der Waals surface area (Å²) in [6.07, 6.45) is -0.120. The molecule has 0 bridgehead atoms. The summed E-state index contributed by atoms with van der Waals surface area (Å²) >= 11 is 0. The van der Waals surface area contributed by atoms with Crippen LogP contribution >= 0.6 is 0 Å². The van der Waals surface area contributed by atoms with Crippen LogP contribution in [-0.2, 0) is 21.1 Å². The Labute approximate surface area is 163 Å². The Balaban J connectivity index is 2.12. The standard InChI is InChI=1S/C21H21NO5S/c1-21(20(23)22-24,28(25,26)19-10-6-5-9-18(19)27-2)14-15-11-12-16-7-3-4-8-17(16)13-15/h3-13,24H,14H2,1-2H3,(H,22,23). The van der Waals surface area contributed by atoms with Crippen molar-refractivity contribution in [2.24, 2.45) is 0 Å². The molecule has 7 heteroatoms. The summed E-state index contributed by atoms with van der Waals surface area (Å²) in [6.45, 7) is 1.30. The molecule has 0 radical (unpaired) electrons. The Kier molecular flexibility index (Phi) is 5.40. The van der Waals surface area contributed by atoms with Crippen molar-refractivity contribution >= 4 is 26.5 Å². The van der Waals surface area contributed by atoms with E-state index < -0.39 is 20.5 Å². The second kappa shape index (κ2) is 7.61. The van der Waals surface area contributed by atoms with Crippen LogP contribution in [0, 0.1) is 0 Å². The second-order valence-corrected chi connectivity index (χ2v) is 9.03. The number of benzene rings is 3.